The van der Waals surface area contributed by atoms with Crippen molar-refractivity contribution in [3.05, 3.63) is 94.8 Å². The van der Waals surface area contributed by atoms with Gasteiger partial charge in [0.2, 0.25) is 17.4 Å². The highest BCUT2D eigenvalue weighted by Gasteiger charge is 2.58. The number of hydrogen-bond donors (Lipinski definition) is 2. The van der Waals surface area contributed by atoms with Crippen molar-refractivity contribution in [3.63, 3.8) is 0 Å². The summed E-state index contributed by atoms with van der Waals surface area (Å²) < 4.78 is 60.5. The standard InChI is InChI=1S/C47H58F4N4O5/c1-33(47(49,50)51)54(31-36-16-20-38(48)21-17-36)43(57)32-55-44(58)46(60-45(55)59)28-26-37-30-40(24-25-41(37)46)52-29-27-35-18-22-39(23-19-35)53-42(56)15-10-8-6-4-2-3-5-7-9-12-34-13-11-14-34/h16-25,30,33-34,52H,2-15,26-29,31-32H2,1H3,(H,53,56)/t33-,46+/m0/s1. The molecule has 3 aromatic rings. The van der Waals surface area contributed by atoms with Crippen molar-refractivity contribution in [1.82, 2.24) is 9.80 Å². The number of rotatable bonds is 22. The van der Waals surface area contributed by atoms with E-state index in [0.717, 1.165) is 60.3 Å². The molecule has 60 heavy (non-hydrogen) atoms. The van der Waals surface area contributed by atoms with E-state index >= 15 is 0 Å². The number of nitrogens with one attached hydrogen (secondary N) is 2. The van der Waals surface area contributed by atoms with Crippen LogP contribution in [-0.4, -0.2) is 58.9 Å². The first-order valence-electron chi connectivity index (χ1n) is 21.7. The number of amides is 4. The molecule has 2 fully saturated rings. The van der Waals surface area contributed by atoms with Crippen LogP contribution in [0, 0.1) is 11.7 Å². The lowest BCUT2D eigenvalue weighted by atomic mass is 9.81. The molecule has 0 radical (unpaired) electrons. The molecule has 1 saturated heterocycles. The predicted octanol–water partition coefficient (Wildman–Crippen LogP) is 10.6. The van der Waals surface area contributed by atoms with Gasteiger partial charge in [-0.1, -0.05) is 107 Å². The molecule has 13 heteroatoms. The number of alkyl halides is 3. The van der Waals surface area contributed by atoms with Gasteiger partial charge in [0, 0.05) is 42.9 Å². The van der Waals surface area contributed by atoms with Crippen molar-refractivity contribution in [2.45, 2.75) is 140 Å². The molecule has 1 aliphatic heterocycles. The van der Waals surface area contributed by atoms with Gasteiger partial charge in [-0.05, 0) is 85.2 Å². The predicted molar refractivity (Wildman–Crippen MR) is 222 cm³/mol. The maximum Gasteiger partial charge on any atom is 0.418 e. The molecule has 6 rings (SSSR count). The zero-order chi connectivity index (χ0) is 42.7. The van der Waals surface area contributed by atoms with Crippen molar-refractivity contribution in [2.75, 3.05) is 23.7 Å². The number of ether oxygens (including phenoxy) is 1. The molecule has 3 aromatic carbocycles. The Morgan fingerprint density at radius 3 is 2.15 bits per heavy atom. The van der Waals surface area contributed by atoms with Gasteiger partial charge in [0.15, 0.2) is 0 Å². The highest BCUT2D eigenvalue weighted by molar-refractivity contribution is 6.06. The van der Waals surface area contributed by atoms with E-state index in [-0.39, 0.29) is 17.9 Å². The minimum atomic E-state index is -4.79. The second kappa shape index (κ2) is 20.5. The van der Waals surface area contributed by atoms with E-state index in [1.54, 1.807) is 12.1 Å². The van der Waals surface area contributed by atoms with Crippen molar-refractivity contribution in [2.24, 2.45) is 5.92 Å². The van der Waals surface area contributed by atoms with Gasteiger partial charge in [-0.15, -0.1) is 0 Å². The Labute approximate surface area is 350 Å². The van der Waals surface area contributed by atoms with E-state index in [4.69, 9.17) is 4.74 Å². The highest BCUT2D eigenvalue weighted by atomic mass is 19.4. The van der Waals surface area contributed by atoms with E-state index < -0.39 is 54.6 Å². The molecule has 1 saturated carbocycles. The van der Waals surface area contributed by atoms with Crippen LogP contribution in [0.1, 0.15) is 125 Å². The van der Waals surface area contributed by atoms with Gasteiger partial charge in [0.1, 0.15) is 18.4 Å². The van der Waals surface area contributed by atoms with E-state index in [0.29, 0.717) is 41.2 Å². The van der Waals surface area contributed by atoms with Gasteiger partial charge in [-0.25, -0.2) is 14.1 Å². The maximum absolute atomic E-state index is 13.8. The number of carbonyl (C=O) groups excluding carboxylic acids is 4. The Bertz CT molecular complexity index is 1930. The van der Waals surface area contributed by atoms with Crippen LogP contribution >= 0.6 is 0 Å². The number of halogens is 4. The van der Waals surface area contributed by atoms with Gasteiger partial charge in [0.25, 0.3) is 5.91 Å². The minimum Gasteiger partial charge on any atom is -0.427 e. The fourth-order valence-corrected chi connectivity index (χ4v) is 8.46. The van der Waals surface area contributed by atoms with Crippen molar-refractivity contribution < 1.29 is 41.5 Å². The lowest BCUT2D eigenvalue weighted by Gasteiger charge is -2.31. The number of hydrogen-bond acceptors (Lipinski definition) is 6. The SMILES string of the molecule is C[C@H](N(Cc1ccc(F)cc1)C(=O)CN1C(=O)O[C@@]2(CCc3cc(NCCc4ccc(NC(=O)CCCCCCCCCCCC5CCC5)cc4)ccc32)C1=O)C(F)(F)F. The molecule has 9 nitrogen and oxygen atoms in total. The normalized spacial score (nSPS) is 18.0. The molecule has 2 N–H and O–H groups in total. The van der Waals surface area contributed by atoms with E-state index in [9.17, 15) is 36.7 Å². The van der Waals surface area contributed by atoms with Crippen LogP contribution in [0.15, 0.2) is 66.7 Å². The van der Waals surface area contributed by atoms with Crippen LogP contribution in [0.3, 0.4) is 0 Å². The van der Waals surface area contributed by atoms with E-state index in [1.165, 1.54) is 82.8 Å². The summed E-state index contributed by atoms with van der Waals surface area (Å²) in [5.74, 6) is -1.44. The smallest absolute Gasteiger partial charge is 0.418 e. The average Bonchev–Trinajstić information content (AvgIpc) is 3.68. The number of fused-ring (bicyclic) bond motifs is 2. The van der Waals surface area contributed by atoms with Gasteiger partial charge >= 0.3 is 12.3 Å². The summed E-state index contributed by atoms with van der Waals surface area (Å²) >= 11 is 0. The third-order valence-corrected chi connectivity index (χ3v) is 12.4. The molecular formula is C47H58F4N4O5. The number of imide groups is 1. The number of anilines is 2. The molecule has 0 aromatic heterocycles. The summed E-state index contributed by atoms with van der Waals surface area (Å²) in [7, 11) is 0. The van der Waals surface area contributed by atoms with Crippen molar-refractivity contribution in [3.8, 4) is 0 Å². The lowest BCUT2D eigenvalue weighted by Crippen LogP contribution is -2.51. The summed E-state index contributed by atoms with van der Waals surface area (Å²) in [6.45, 7) is -0.0376. The molecular weight excluding hydrogens is 777 g/mol. The number of unbranched alkanes of at least 4 members (excludes halogenated alkanes) is 8. The number of nitrogens with zero attached hydrogens (tertiary/aromatic N) is 2. The molecule has 1 heterocycles. The quantitative estimate of drug-likeness (QED) is 0.0771. The van der Waals surface area contributed by atoms with E-state index in [1.807, 2.05) is 30.3 Å². The van der Waals surface area contributed by atoms with Crippen LogP contribution in [0.4, 0.5) is 33.7 Å². The second-order valence-electron chi connectivity index (χ2n) is 16.8. The molecule has 3 aliphatic rings. The summed E-state index contributed by atoms with van der Waals surface area (Å²) in [5.41, 5.74) is 2.47. The third kappa shape index (κ3) is 11.7. The van der Waals surface area contributed by atoms with Crippen LogP contribution in [0.5, 0.6) is 0 Å². The Kier molecular flexibility index (Phi) is 15.3. The molecule has 0 bridgehead atoms. The van der Waals surface area contributed by atoms with Gasteiger partial charge in [-0.2, -0.15) is 13.2 Å². The molecule has 0 unspecified atom stereocenters. The second-order valence-corrected chi connectivity index (χ2v) is 16.8. The molecule has 4 amide bonds. The zero-order valence-corrected chi connectivity index (χ0v) is 34.6. The largest absolute Gasteiger partial charge is 0.427 e. The Morgan fingerprint density at radius 2 is 1.50 bits per heavy atom. The Balaban J connectivity index is 0.914. The summed E-state index contributed by atoms with van der Waals surface area (Å²) in [6, 6.07) is 15.6. The zero-order valence-electron chi connectivity index (χ0n) is 34.6. The third-order valence-electron chi connectivity index (χ3n) is 12.4. The average molecular weight is 835 g/mol. The summed E-state index contributed by atoms with van der Waals surface area (Å²) in [5, 5.41) is 6.39. The lowest BCUT2D eigenvalue weighted by molar-refractivity contribution is -0.187. The molecule has 2 aliphatic carbocycles. The fraction of sp³-hybridized carbons (Fsp3) is 0.532. The number of benzene rings is 3. The fourth-order valence-electron chi connectivity index (χ4n) is 8.46. The maximum atomic E-state index is 13.8. The summed E-state index contributed by atoms with van der Waals surface area (Å²) in [4.78, 5) is 53.7. The summed E-state index contributed by atoms with van der Waals surface area (Å²) in [6.07, 6.45) is 12.8. The highest BCUT2D eigenvalue weighted by Crippen LogP contribution is 2.46. The van der Waals surface area contributed by atoms with Gasteiger partial charge < -0.3 is 20.3 Å². The van der Waals surface area contributed by atoms with Crippen LogP contribution in [0.2, 0.25) is 0 Å². The Morgan fingerprint density at radius 1 is 0.867 bits per heavy atom. The molecule has 2 atom stereocenters. The van der Waals surface area contributed by atoms with E-state index in [2.05, 4.69) is 10.6 Å². The van der Waals surface area contributed by atoms with Crippen LogP contribution < -0.4 is 10.6 Å². The van der Waals surface area contributed by atoms with Crippen molar-refractivity contribution in [1.29, 1.82) is 0 Å². The number of aryl methyl sites for hydroxylation is 1. The first-order valence-corrected chi connectivity index (χ1v) is 21.7. The van der Waals surface area contributed by atoms with Gasteiger partial charge in [-0.3, -0.25) is 14.4 Å². The first-order chi connectivity index (χ1) is 28.8. The molecule has 1 spiro atoms. The first kappa shape index (κ1) is 44.6. The monoisotopic (exact) mass is 834 g/mol. The molecule has 324 valence electrons. The topological polar surface area (TPSA) is 108 Å². The van der Waals surface area contributed by atoms with Gasteiger partial charge in [0.05, 0.1) is 0 Å². The minimum absolute atomic E-state index is 0.0327. The van der Waals surface area contributed by atoms with Crippen LogP contribution in [0.25, 0.3) is 0 Å². The van der Waals surface area contributed by atoms with Crippen LogP contribution in [-0.2, 0) is 44.1 Å². The number of carbonyl (C=O) groups is 4. The Hall–Kier alpha value is -4.94. The van der Waals surface area contributed by atoms with Crippen molar-refractivity contribution >= 4 is 35.2 Å².